The zero-order chi connectivity index (χ0) is 14.8. The van der Waals surface area contributed by atoms with Crippen molar-refractivity contribution in [3.8, 4) is 5.75 Å². The maximum absolute atomic E-state index is 6.15. The van der Waals surface area contributed by atoms with Crippen LogP contribution in [0.3, 0.4) is 0 Å². The van der Waals surface area contributed by atoms with E-state index < -0.39 is 0 Å². The molecule has 0 N–H and O–H groups in total. The summed E-state index contributed by atoms with van der Waals surface area (Å²) in [7, 11) is 0. The van der Waals surface area contributed by atoms with Gasteiger partial charge in [-0.25, -0.2) is 0 Å². The first-order chi connectivity index (χ1) is 9.47. The van der Waals surface area contributed by atoms with Gasteiger partial charge in [-0.15, -0.1) is 11.6 Å². The number of benzene rings is 1. The minimum Gasteiger partial charge on any atom is -0.488 e. The van der Waals surface area contributed by atoms with Gasteiger partial charge in [0.1, 0.15) is 18.0 Å². The first-order valence-corrected chi connectivity index (χ1v) is 7.94. The highest BCUT2D eigenvalue weighted by Crippen LogP contribution is 2.34. The van der Waals surface area contributed by atoms with Crippen molar-refractivity contribution in [3.63, 3.8) is 0 Å². The Morgan fingerprint density at radius 1 is 1.20 bits per heavy atom. The summed E-state index contributed by atoms with van der Waals surface area (Å²) in [6.45, 7) is 9.40. The number of halogens is 1. The Balaban J connectivity index is 1.98. The van der Waals surface area contributed by atoms with Gasteiger partial charge < -0.3 is 9.47 Å². The van der Waals surface area contributed by atoms with Crippen LogP contribution in [-0.2, 0) is 10.2 Å². The molecule has 0 radical (unpaired) electrons. The normalized spacial score (nSPS) is 26.1. The third-order valence-electron chi connectivity index (χ3n) is 4.35. The van der Waals surface area contributed by atoms with Crippen LogP contribution in [-0.4, -0.2) is 24.2 Å². The summed E-state index contributed by atoms with van der Waals surface area (Å²) in [5, 5.41) is 0.0817. The Morgan fingerprint density at radius 2 is 1.85 bits per heavy atom. The molecule has 0 bridgehead atoms. The summed E-state index contributed by atoms with van der Waals surface area (Å²) in [6.07, 6.45) is 2.08. The largest absolute Gasteiger partial charge is 0.488 e. The van der Waals surface area contributed by atoms with Crippen molar-refractivity contribution in [2.24, 2.45) is 0 Å². The number of hydrogen-bond donors (Lipinski definition) is 0. The van der Waals surface area contributed by atoms with Gasteiger partial charge in [0.2, 0.25) is 0 Å². The molecule has 0 saturated heterocycles. The quantitative estimate of drug-likeness (QED) is 0.718. The number of rotatable bonds is 6. The lowest BCUT2D eigenvalue weighted by Gasteiger charge is -2.40. The van der Waals surface area contributed by atoms with E-state index in [0.717, 1.165) is 18.6 Å². The minimum absolute atomic E-state index is 0.0217. The summed E-state index contributed by atoms with van der Waals surface area (Å²) < 4.78 is 11.6. The van der Waals surface area contributed by atoms with Crippen molar-refractivity contribution in [2.45, 2.75) is 63.5 Å². The molecule has 1 saturated carbocycles. The summed E-state index contributed by atoms with van der Waals surface area (Å²) in [4.78, 5) is 0. The van der Waals surface area contributed by atoms with Crippen LogP contribution < -0.4 is 4.74 Å². The van der Waals surface area contributed by atoms with Gasteiger partial charge in [0.05, 0.1) is 5.38 Å². The van der Waals surface area contributed by atoms with Crippen molar-refractivity contribution < 1.29 is 9.47 Å². The van der Waals surface area contributed by atoms with E-state index in [-0.39, 0.29) is 23.0 Å². The van der Waals surface area contributed by atoms with E-state index in [1.807, 2.05) is 6.92 Å². The van der Waals surface area contributed by atoms with E-state index in [9.17, 15) is 0 Å². The number of alkyl halides is 1. The summed E-state index contributed by atoms with van der Waals surface area (Å²) in [6, 6.07) is 8.42. The first-order valence-electron chi connectivity index (χ1n) is 7.50. The molecule has 2 rings (SSSR count). The van der Waals surface area contributed by atoms with Gasteiger partial charge in [0.25, 0.3) is 0 Å². The Labute approximate surface area is 127 Å². The fourth-order valence-electron chi connectivity index (χ4n) is 2.41. The van der Waals surface area contributed by atoms with E-state index >= 15 is 0 Å². The van der Waals surface area contributed by atoms with Gasteiger partial charge in [-0.2, -0.15) is 0 Å². The van der Waals surface area contributed by atoms with Crippen LogP contribution in [0, 0.1) is 0 Å². The van der Waals surface area contributed by atoms with Gasteiger partial charge in [-0.1, -0.05) is 32.9 Å². The zero-order valence-electron chi connectivity index (χ0n) is 12.9. The summed E-state index contributed by atoms with van der Waals surface area (Å²) in [5.41, 5.74) is 1.56. The topological polar surface area (TPSA) is 18.5 Å². The van der Waals surface area contributed by atoms with Crippen molar-refractivity contribution in [2.75, 3.05) is 6.61 Å². The van der Waals surface area contributed by atoms with Crippen LogP contribution in [0.25, 0.3) is 0 Å². The van der Waals surface area contributed by atoms with E-state index in [1.165, 1.54) is 5.56 Å². The fourth-order valence-corrected chi connectivity index (χ4v) is 2.82. The lowest BCUT2D eigenvalue weighted by molar-refractivity contribution is -0.0759. The molecule has 20 heavy (non-hydrogen) atoms. The second-order valence-corrected chi connectivity index (χ2v) is 6.65. The van der Waals surface area contributed by atoms with Crippen LogP contribution in [0.4, 0.5) is 0 Å². The molecule has 0 aromatic heterocycles. The SMILES string of the molecule is CCOC1C(Cl)CC1Oc1ccc(C(C)(C)CC)cc1. The predicted molar refractivity (Wildman–Crippen MR) is 83.8 cm³/mol. The molecule has 1 aliphatic rings. The van der Waals surface area contributed by atoms with Crippen LogP contribution in [0.15, 0.2) is 24.3 Å². The Hall–Kier alpha value is -0.730. The summed E-state index contributed by atoms with van der Waals surface area (Å²) in [5.74, 6) is 0.902. The Morgan fingerprint density at radius 3 is 2.35 bits per heavy atom. The average Bonchev–Trinajstić information content (AvgIpc) is 2.45. The Kier molecular flexibility index (Phi) is 4.98. The highest BCUT2D eigenvalue weighted by atomic mass is 35.5. The molecule has 0 heterocycles. The van der Waals surface area contributed by atoms with E-state index in [1.54, 1.807) is 0 Å². The standard InChI is InChI=1S/C17H25ClO2/c1-5-17(3,4)12-7-9-13(10-8-12)20-15-11-14(18)16(15)19-6-2/h7-10,14-16H,5-6,11H2,1-4H3. The highest BCUT2D eigenvalue weighted by Gasteiger charge is 2.42. The third-order valence-corrected chi connectivity index (χ3v) is 4.77. The van der Waals surface area contributed by atoms with E-state index in [4.69, 9.17) is 21.1 Å². The molecule has 0 aliphatic heterocycles. The molecule has 1 fully saturated rings. The maximum atomic E-state index is 6.15. The zero-order valence-corrected chi connectivity index (χ0v) is 13.6. The molecule has 112 valence electrons. The molecule has 1 aromatic rings. The molecule has 1 aliphatic carbocycles. The monoisotopic (exact) mass is 296 g/mol. The lowest BCUT2D eigenvalue weighted by Crippen LogP contribution is -2.52. The third kappa shape index (κ3) is 3.29. The fraction of sp³-hybridized carbons (Fsp3) is 0.647. The van der Waals surface area contributed by atoms with Gasteiger partial charge >= 0.3 is 0 Å². The van der Waals surface area contributed by atoms with Crippen molar-refractivity contribution in [1.82, 2.24) is 0 Å². The highest BCUT2D eigenvalue weighted by molar-refractivity contribution is 6.21. The second-order valence-electron chi connectivity index (χ2n) is 6.09. The van der Waals surface area contributed by atoms with Crippen LogP contribution in [0.2, 0.25) is 0 Å². The molecule has 0 amide bonds. The lowest BCUT2D eigenvalue weighted by atomic mass is 9.82. The van der Waals surface area contributed by atoms with Gasteiger partial charge in [0.15, 0.2) is 0 Å². The Bertz CT molecular complexity index is 427. The average molecular weight is 297 g/mol. The second kappa shape index (κ2) is 6.36. The molecule has 2 nitrogen and oxygen atoms in total. The van der Waals surface area contributed by atoms with Crippen molar-refractivity contribution in [3.05, 3.63) is 29.8 Å². The molecule has 3 unspecified atom stereocenters. The molecule has 3 atom stereocenters. The maximum Gasteiger partial charge on any atom is 0.128 e. The van der Waals surface area contributed by atoms with Crippen molar-refractivity contribution >= 4 is 11.6 Å². The van der Waals surface area contributed by atoms with Crippen LogP contribution >= 0.6 is 11.6 Å². The molecular weight excluding hydrogens is 272 g/mol. The van der Waals surface area contributed by atoms with Gasteiger partial charge in [0, 0.05) is 13.0 Å². The first kappa shape index (κ1) is 15.7. The van der Waals surface area contributed by atoms with Crippen LogP contribution in [0.5, 0.6) is 5.75 Å². The van der Waals surface area contributed by atoms with E-state index in [2.05, 4.69) is 45.0 Å². The predicted octanol–water partition coefficient (Wildman–Crippen LogP) is 4.54. The van der Waals surface area contributed by atoms with E-state index in [0.29, 0.717) is 6.61 Å². The minimum atomic E-state index is 0.0217. The van der Waals surface area contributed by atoms with Gasteiger partial charge in [-0.3, -0.25) is 0 Å². The number of hydrogen-bond acceptors (Lipinski definition) is 2. The van der Waals surface area contributed by atoms with Crippen LogP contribution in [0.1, 0.15) is 46.1 Å². The summed E-state index contributed by atoms with van der Waals surface area (Å²) >= 11 is 6.15. The number of ether oxygens (including phenoxy) is 2. The molecular formula is C17H25ClO2. The van der Waals surface area contributed by atoms with Gasteiger partial charge in [-0.05, 0) is 36.5 Å². The smallest absolute Gasteiger partial charge is 0.128 e. The molecule has 3 heteroatoms. The van der Waals surface area contributed by atoms with Crippen molar-refractivity contribution in [1.29, 1.82) is 0 Å². The molecule has 1 aromatic carbocycles. The molecule has 0 spiro atoms.